The Bertz CT molecular complexity index is 292. The summed E-state index contributed by atoms with van der Waals surface area (Å²) in [6.07, 6.45) is 5.49. The zero-order chi connectivity index (χ0) is 11.5. The molecule has 0 aromatic heterocycles. The minimum Gasteiger partial charge on any atom is -0.348 e. The molecule has 15 heavy (non-hydrogen) atoms. The number of rotatable bonds is 4. The molecule has 0 aromatic rings. The van der Waals surface area contributed by atoms with E-state index in [1.807, 2.05) is 6.08 Å². The third kappa shape index (κ3) is 3.51. The van der Waals surface area contributed by atoms with Crippen LogP contribution in [0, 0.1) is 11.5 Å². The summed E-state index contributed by atoms with van der Waals surface area (Å²) in [5, 5.41) is 0. The molecule has 0 aliphatic carbocycles. The molecule has 1 fully saturated rings. The Morgan fingerprint density at radius 3 is 2.53 bits per heavy atom. The van der Waals surface area contributed by atoms with Gasteiger partial charge in [-0.25, -0.2) is 0 Å². The maximum absolute atomic E-state index is 5.68. The highest BCUT2D eigenvalue weighted by Gasteiger charge is 2.52. The zero-order valence-electron chi connectivity index (χ0n) is 10.4. The van der Waals surface area contributed by atoms with Crippen LogP contribution >= 0.6 is 0 Å². The number of ether oxygens (including phenoxy) is 1. The third-order valence-corrected chi connectivity index (χ3v) is 3.38. The van der Waals surface area contributed by atoms with Crippen LogP contribution in [-0.2, 0) is 4.74 Å². The molecule has 2 unspecified atom stereocenters. The smallest absolute Gasteiger partial charge is 0.158 e. The van der Waals surface area contributed by atoms with Crippen molar-refractivity contribution in [3.63, 3.8) is 0 Å². The standard InChI is InChI=1S/C13H22OSi/c1-6-8-9-13(12(7-2)14-13)10-11-15(3,4)5/h7,12H,2,6,8-9H2,1,3-5H3. The van der Waals surface area contributed by atoms with E-state index in [-0.39, 0.29) is 11.7 Å². The lowest BCUT2D eigenvalue weighted by atomic mass is 9.99. The molecule has 1 aliphatic rings. The molecule has 0 N–H and O–H groups in total. The number of hydrogen-bond donors (Lipinski definition) is 0. The van der Waals surface area contributed by atoms with Gasteiger partial charge in [0.05, 0.1) is 0 Å². The second kappa shape index (κ2) is 4.55. The maximum Gasteiger partial charge on any atom is 0.158 e. The van der Waals surface area contributed by atoms with Crippen molar-refractivity contribution in [2.75, 3.05) is 0 Å². The first kappa shape index (κ1) is 12.5. The van der Waals surface area contributed by atoms with E-state index in [9.17, 15) is 0 Å². The molecule has 0 bridgehead atoms. The van der Waals surface area contributed by atoms with Crippen LogP contribution in [0.4, 0.5) is 0 Å². The molecule has 0 saturated carbocycles. The predicted octanol–water partition coefficient (Wildman–Crippen LogP) is 3.38. The van der Waals surface area contributed by atoms with Gasteiger partial charge in [-0.05, 0) is 12.8 Å². The molecule has 84 valence electrons. The molecular weight excluding hydrogens is 200 g/mol. The van der Waals surface area contributed by atoms with Crippen molar-refractivity contribution in [3.05, 3.63) is 12.7 Å². The van der Waals surface area contributed by atoms with Gasteiger partial charge in [-0.1, -0.05) is 45.0 Å². The number of hydrogen-bond acceptors (Lipinski definition) is 1. The van der Waals surface area contributed by atoms with Gasteiger partial charge < -0.3 is 4.74 Å². The van der Waals surface area contributed by atoms with E-state index < -0.39 is 8.07 Å². The fraction of sp³-hybridized carbons (Fsp3) is 0.692. The molecule has 2 heteroatoms. The van der Waals surface area contributed by atoms with Gasteiger partial charge in [0.1, 0.15) is 14.2 Å². The molecule has 0 amide bonds. The quantitative estimate of drug-likeness (QED) is 0.307. The van der Waals surface area contributed by atoms with E-state index in [1.165, 1.54) is 12.8 Å². The van der Waals surface area contributed by atoms with E-state index in [2.05, 4.69) is 44.6 Å². The topological polar surface area (TPSA) is 12.5 Å². The van der Waals surface area contributed by atoms with Gasteiger partial charge in [0, 0.05) is 0 Å². The maximum atomic E-state index is 5.68. The highest BCUT2D eigenvalue weighted by Crippen LogP contribution is 2.41. The lowest BCUT2D eigenvalue weighted by Crippen LogP contribution is -2.19. The number of unbranched alkanes of at least 4 members (excludes halogenated alkanes) is 1. The fourth-order valence-corrected chi connectivity index (χ4v) is 2.11. The summed E-state index contributed by atoms with van der Waals surface area (Å²) in [4.78, 5) is 0. The Kier molecular flexibility index (Phi) is 3.80. The summed E-state index contributed by atoms with van der Waals surface area (Å²) in [7, 11) is -1.28. The van der Waals surface area contributed by atoms with Crippen LogP contribution in [0.1, 0.15) is 26.2 Å². The highest BCUT2D eigenvalue weighted by molar-refractivity contribution is 6.83. The Balaban J connectivity index is 2.67. The van der Waals surface area contributed by atoms with Crippen LogP contribution in [-0.4, -0.2) is 19.8 Å². The minimum atomic E-state index is -1.28. The van der Waals surface area contributed by atoms with Crippen LogP contribution in [0.2, 0.25) is 19.6 Å². The van der Waals surface area contributed by atoms with Gasteiger partial charge in [0.25, 0.3) is 0 Å². The van der Waals surface area contributed by atoms with E-state index >= 15 is 0 Å². The molecule has 1 saturated heterocycles. The Morgan fingerprint density at radius 1 is 1.47 bits per heavy atom. The lowest BCUT2D eigenvalue weighted by Gasteiger charge is -2.07. The zero-order valence-corrected chi connectivity index (χ0v) is 11.4. The number of epoxide rings is 1. The summed E-state index contributed by atoms with van der Waals surface area (Å²) in [5.41, 5.74) is 3.25. The van der Waals surface area contributed by atoms with Crippen molar-refractivity contribution < 1.29 is 4.74 Å². The van der Waals surface area contributed by atoms with Crippen LogP contribution in [0.15, 0.2) is 12.7 Å². The van der Waals surface area contributed by atoms with Crippen molar-refractivity contribution >= 4 is 8.07 Å². The normalized spacial score (nSPS) is 29.2. The first-order chi connectivity index (χ1) is 6.93. The molecule has 1 aliphatic heterocycles. The van der Waals surface area contributed by atoms with E-state index in [4.69, 9.17) is 4.74 Å². The lowest BCUT2D eigenvalue weighted by molar-refractivity contribution is 0.330. The van der Waals surface area contributed by atoms with Gasteiger partial charge in [-0.2, -0.15) is 0 Å². The van der Waals surface area contributed by atoms with Gasteiger partial charge in [0.15, 0.2) is 5.60 Å². The summed E-state index contributed by atoms with van der Waals surface area (Å²) in [5.74, 6) is 3.36. The summed E-state index contributed by atoms with van der Waals surface area (Å²) in [6.45, 7) is 12.8. The van der Waals surface area contributed by atoms with Crippen molar-refractivity contribution in [1.82, 2.24) is 0 Å². The first-order valence-corrected chi connectivity index (χ1v) is 9.28. The second-order valence-electron chi connectivity index (χ2n) is 5.27. The second-order valence-corrected chi connectivity index (χ2v) is 10.0. The Hall–Kier alpha value is -0.523. The van der Waals surface area contributed by atoms with Crippen LogP contribution in [0.3, 0.4) is 0 Å². The minimum absolute atomic E-state index is 0.169. The molecule has 1 heterocycles. The Morgan fingerprint density at radius 2 is 2.13 bits per heavy atom. The molecule has 1 nitrogen and oxygen atoms in total. The molecular formula is C13H22OSi. The third-order valence-electron chi connectivity index (χ3n) is 2.50. The van der Waals surface area contributed by atoms with E-state index in [0.29, 0.717) is 0 Å². The van der Waals surface area contributed by atoms with Gasteiger partial charge in [-0.15, -0.1) is 12.1 Å². The average Bonchev–Trinajstić information content (AvgIpc) is 2.86. The summed E-state index contributed by atoms with van der Waals surface area (Å²) < 4.78 is 5.68. The molecule has 0 radical (unpaired) electrons. The molecule has 1 rings (SSSR count). The summed E-state index contributed by atoms with van der Waals surface area (Å²) >= 11 is 0. The van der Waals surface area contributed by atoms with Gasteiger partial charge in [0.2, 0.25) is 0 Å². The largest absolute Gasteiger partial charge is 0.348 e. The highest BCUT2D eigenvalue weighted by atomic mass is 28.3. The van der Waals surface area contributed by atoms with Gasteiger partial charge in [-0.3, -0.25) is 0 Å². The monoisotopic (exact) mass is 222 g/mol. The van der Waals surface area contributed by atoms with E-state index in [1.54, 1.807) is 0 Å². The van der Waals surface area contributed by atoms with Crippen molar-refractivity contribution in [2.45, 2.75) is 57.5 Å². The van der Waals surface area contributed by atoms with Crippen LogP contribution in [0.5, 0.6) is 0 Å². The van der Waals surface area contributed by atoms with E-state index in [0.717, 1.165) is 6.42 Å². The Labute approximate surface area is 94.9 Å². The summed E-state index contributed by atoms with van der Waals surface area (Å²) in [6, 6.07) is 0. The van der Waals surface area contributed by atoms with Gasteiger partial charge >= 0.3 is 0 Å². The predicted molar refractivity (Wildman–Crippen MR) is 68.4 cm³/mol. The molecule has 0 spiro atoms. The average molecular weight is 222 g/mol. The fourth-order valence-electron chi connectivity index (χ4n) is 1.53. The molecule has 0 aromatic carbocycles. The first-order valence-electron chi connectivity index (χ1n) is 5.78. The van der Waals surface area contributed by atoms with Crippen LogP contribution in [0.25, 0.3) is 0 Å². The van der Waals surface area contributed by atoms with Crippen molar-refractivity contribution in [1.29, 1.82) is 0 Å². The SMILES string of the molecule is C=CC1OC1(C#C[Si](C)(C)C)CCCC. The van der Waals surface area contributed by atoms with Crippen LogP contribution < -0.4 is 0 Å². The van der Waals surface area contributed by atoms with Crippen molar-refractivity contribution in [3.8, 4) is 11.5 Å². The molecule has 2 atom stereocenters. The van der Waals surface area contributed by atoms with Crippen molar-refractivity contribution in [2.24, 2.45) is 0 Å².